The van der Waals surface area contributed by atoms with Crippen LogP contribution in [0, 0.1) is 0 Å². The van der Waals surface area contributed by atoms with Gasteiger partial charge in [-0.3, -0.25) is 0 Å². The lowest BCUT2D eigenvalue weighted by molar-refractivity contribution is -0.267. The minimum absolute atomic E-state index is 0.114. The van der Waals surface area contributed by atoms with Gasteiger partial charge in [-0.25, -0.2) is 9.59 Å². The summed E-state index contributed by atoms with van der Waals surface area (Å²) in [6, 6.07) is 9.68. The summed E-state index contributed by atoms with van der Waals surface area (Å²) in [7, 11) is 0. The fourth-order valence-corrected chi connectivity index (χ4v) is 3.06. The van der Waals surface area contributed by atoms with E-state index in [9.17, 15) is 27.9 Å². The van der Waals surface area contributed by atoms with E-state index in [2.05, 4.69) is 20.4 Å². The second kappa shape index (κ2) is 8.48. The maximum atomic E-state index is 13.7. The van der Waals surface area contributed by atoms with Crippen molar-refractivity contribution in [3.05, 3.63) is 59.2 Å². The van der Waals surface area contributed by atoms with Crippen LogP contribution in [0.25, 0.3) is 10.9 Å². The number of hydrogen-bond donors (Lipinski definition) is 4. The van der Waals surface area contributed by atoms with Crippen LogP contribution in [0.4, 0.5) is 29.3 Å². The van der Waals surface area contributed by atoms with Gasteiger partial charge < -0.3 is 25.5 Å². The molecule has 3 aromatic rings. The highest BCUT2D eigenvalue weighted by molar-refractivity contribution is 6.30. The largest absolute Gasteiger partial charge is 0.463 e. The quantitative estimate of drug-likeness (QED) is 0.416. The lowest BCUT2D eigenvalue weighted by Crippen LogP contribution is -2.50. The molecule has 1 heterocycles. The Kier molecular flexibility index (Phi) is 6.14. The number of carbonyl (C=O) groups excluding carboxylic acids is 2. The zero-order valence-corrected chi connectivity index (χ0v) is 16.8. The molecule has 0 saturated heterocycles. The Morgan fingerprint density at radius 3 is 2.32 bits per heavy atom. The summed E-state index contributed by atoms with van der Waals surface area (Å²) in [5.41, 5.74) is -3.83. The average Bonchev–Trinajstić information content (AvgIpc) is 3.12. The molecule has 0 aliphatic heterocycles. The molecule has 0 aliphatic rings. The Hall–Kier alpha value is -3.24. The maximum Gasteiger partial charge on any atom is 0.432 e. The minimum Gasteiger partial charge on any atom is -0.463 e. The predicted molar refractivity (Wildman–Crippen MR) is 109 cm³/mol. The van der Waals surface area contributed by atoms with Crippen molar-refractivity contribution in [3.8, 4) is 0 Å². The topological polar surface area (TPSA) is 103 Å². The molecule has 0 bridgehead atoms. The first-order valence-electron chi connectivity index (χ1n) is 8.97. The second-order valence-corrected chi connectivity index (χ2v) is 6.91. The lowest BCUT2D eigenvalue weighted by atomic mass is 9.92. The molecular formula is C20H17ClF3N3O4. The van der Waals surface area contributed by atoms with Crippen molar-refractivity contribution in [2.75, 3.05) is 17.2 Å². The monoisotopic (exact) mass is 455 g/mol. The van der Waals surface area contributed by atoms with Gasteiger partial charge in [0.05, 0.1) is 6.61 Å². The molecule has 0 aliphatic carbocycles. The molecule has 2 aromatic carbocycles. The number of amides is 2. The normalized spacial score (nSPS) is 13.5. The maximum absolute atomic E-state index is 13.7. The average molecular weight is 456 g/mol. The van der Waals surface area contributed by atoms with Gasteiger partial charge in [0.1, 0.15) is 0 Å². The summed E-state index contributed by atoms with van der Waals surface area (Å²) in [6.45, 7) is 0.975. The number of esters is 1. The van der Waals surface area contributed by atoms with Crippen LogP contribution in [0.2, 0.25) is 5.02 Å². The highest BCUT2D eigenvalue weighted by Gasteiger charge is 2.63. The molecule has 31 heavy (non-hydrogen) atoms. The number of fused-ring (bicyclic) bond motifs is 1. The van der Waals surface area contributed by atoms with Gasteiger partial charge in [0, 0.05) is 39.1 Å². The van der Waals surface area contributed by atoms with Gasteiger partial charge in [0.2, 0.25) is 0 Å². The third-order valence-electron chi connectivity index (χ3n) is 4.41. The van der Waals surface area contributed by atoms with Crippen molar-refractivity contribution in [3.63, 3.8) is 0 Å². The van der Waals surface area contributed by atoms with E-state index < -0.39 is 29.3 Å². The molecule has 7 nitrogen and oxygen atoms in total. The number of anilines is 2. The number of benzene rings is 2. The van der Waals surface area contributed by atoms with Gasteiger partial charge in [-0.2, -0.15) is 13.2 Å². The number of ether oxygens (including phenoxy) is 1. The molecule has 164 valence electrons. The first-order chi connectivity index (χ1) is 14.6. The van der Waals surface area contributed by atoms with Gasteiger partial charge in [-0.1, -0.05) is 11.6 Å². The SMILES string of the molecule is CCOC(=O)C(O)(c1c[nH]c2ccc(NC(=O)Nc3ccc(Cl)cc3)cc12)C(F)(F)F. The number of halogens is 4. The summed E-state index contributed by atoms with van der Waals surface area (Å²) in [4.78, 5) is 26.8. The van der Waals surface area contributed by atoms with Gasteiger partial charge >= 0.3 is 18.2 Å². The molecule has 1 unspecified atom stereocenters. The lowest BCUT2D eigenvalue weighted by Gasteiger charge is -2.27. The summed E-state index contributed by atoms with van der Waals surface area (Å²) >= 11 is 5.78. The zero-order valence-electron chi connectivity index (χ0n) is 16.0. The summed E-state index contributed by atoms with van der Waals surface area (Å²) in [5.74, 6) is -1.85. The van der Waals surface area contributed by atoms with E-state index in [4.69, 9.17) is 11.6 Å². The van der Waals surface area contributed by atoms with Gasteiger partial charge in [0.15, 0.2) is 0 Å². The van der Waals surface area contributed by atoms with Crippen molar-refractivity contribution in [1.82, 2.24) is 4.98 Å². The number of nitrogens with one attached hydrogen (secondary N) is 3. The Balaban J connectivity index is 1.93. The van der Waals surface area contributed by atoms with Crippen molar-refractivity contribution in [2.24, 2.45) is 0 Å². The van der Waals surface area contributed by atoms with Gasteiger partial charge in [0.25, 0.3) is 5.60 Å². The Morgan fingerprint density at radius 2 is 1.71 bits per heavy atom. The minimum atomic E-state index is -5.34. The molecule has 0 radical (unpaired) electrons. The van der Waals surface area contributed by atoms with Crippen LogP contribution >= 0.6 is 11.6 Å². The molecule has 11 heteroatoms. The molecule has 1 aromatic heterocycles. The molecule has 0 fully saturated rings. The summed E-state index contributed by atoms with van der Waals surface area (Å²) < 4.78 is 45.6. The van der Waals surface area contributed by atoms with Crippen LogP contribution < -0.4 is 10.6 Å². The van der Waals surface area contributed by atoms with E-state index in [-0.39, 0.29) is 23.2 Å². The van der Waals surface area contributed by atoms with Crippen LogP contribution in [0.15, 0.2) is 48.7 Å². The number of aliphatic hydroxyl groups is 1. The highest BCUT2D eigenvalue weighted by atomic mass is 35.5. The number of urea groups is 1. The highest BCUT2D eigenvalue weighted by Crippen LogP contribution is 2.43. The summed E-state index contributed by atoms with van der Waals surface area (Å²) in [6.07, 6.45) is -4.46. The number of H-pyrrole nitrogens is 1. The Bertz CT molecular complexity index is 1120. The van der Waals surface area contributed by atoms with Crippen molar-refractivity contribution < 1.29 is 32.6 Å². The molecule has 0 saturated carbocycles. The molecule has 2 amide bonds. The number of aromatic amines is 1. The van der Waals surface area contributed by atoms with Gasteiger partial charge in [-0.05, 0) is 49.4 Å². The zero-order chi connectivity index (χ0) is 22.8. The van der Waals surface area contributed by atoms with Crippen LogP contribution in [-0.4, -0.2) is 34.9 Å². The fraction of sp³-hybridized carbons (Fsp3) is 0.200. The van der Waals surface area contributed by atoms with Crippen LogP contribution in [-0.2, 0) is 15.1 Å². The number of carbonyl (C=O) groups is 2. The standard InChI is InChI=1S/C20H17ClF3N3O4/c1-2-31-17(28)19(30,20(22,23)24)15-10-25-16-8-7-13(9-14(15)16)27-18(29)26-12-5-3-11(21)4-6-12/h3-10,25,30H,2H2,1H3,(H2,26,27,29). The first-order valence-corrected chi connectivity index (χ1v) is 9.35. The van der Waals surface area contributed by atoms with E-state index in [1.807, 2.05) is 0 Å². The molecule has 4 N–H and O–H groups in total. The third kappa shape index (κ3) is 4.44. The van der Waals surface area contributed by atoms with Crippen LogP contribution in [0.5, 0.6) is 0 Å². The third-order valence-corrected chi connectivity index (χ3v) is 4.66. The number of rotatable bonds is 5. The van der Waals surface area contributed by atoms with Crippen LogP contribution in [0.3, 0.4) is 0 Å². The van der Waals surface area contributed by atoms with Crippen molar-refractivity contribution in [2.45, 2.75) is 18.7 Å². The molecule has 0 spiro atoms. The number of aromatic nitrogens is 1. The molecular weight excluding hydrogens is 439 g/mol. The van der Waals surface area contributed by atoms with Crippen molar-refractivity contribution >= 4 is 45.9 Å². The first kappa shape index (κ1) is 22.4. The number of alkyl halides is 3. The van der Waals surface area contributed by atoms with E-state index in [0.29, 0.717) is 10.7 Å². The van der Waals surface area contributed by atoms with E-state index >= 15 is 0 Å². The predicted octanol–water partition coefficient (Wildman–Crippen LogP) is 4.78. The van der Waals surface area contributed by atoms with E-state index in [1.54, 1.807) is 24.3 Å². The van der Waals surface area contributed by atoms with Crippen molar-refractivity contribution in [1.29, 1.82) is 0 Å². The van der Waals surface area contributed by atoms with E-state index in [1.165, 1.54) is 25.1 Å². The van der Waals surface area contributed by atoms with E-state index in [0.717, 1.165) is 6.20 Å². The Morgan fingerprint density at radius 1 is 1.10 bits per heavy atom. The second-order valence-electron chi connectivity index (χ2n) is 6.48. The number of hydrogen-bond acceptors (Lipinski definition) is 4. The summed E-state index contributed by atoms with van der Waals surface area (Å²) in [5, 5.41) is 15.8. The van der Waals surface area contributed by atoms with Crippen LogP contribution in [0.1, 0.15) is 12.5 Å². The fourth-order valence-electron chi connectivity index (χ4n) is 2.94. The molecule has 3 rings (SSSR count). The smallest absolute Gasteiger partial charge is 0.432 e. The Labute approximate surface area is 179 Å². The van der Waals surface area contributed by atoms with Gasteiger partial charge in [-0.15, -0.1) is 0 Å². The molecule has 1 atom stereocenters.